The van der Waals surface area contributed by atoms with Gasteiger partial charge in [0, 0.05) is 13.1 Å². The average molecular weight is 319 g/mol. The summed E-state index contributed by atoms with van der Waals surface area (Å²) in [5.74, 6) is -1.05. The molecule has 1 aliphatic rings. The molecule has 1 fully saturated rings. The van der Waals surface area contributed by atoms with E-state index >= 15 is 0 Å². The van der Waals surface area contributed by atoms with Gasteiger partial charge in [-0.05, 0) is 30.9 Å². The Labute approximate surface area is 121 Å². The summed E-state index contributed by atoms with van der Waals surface area (Å²) >= 11 is 0.759. The predicted molar refractivity (Wildman–Crippen MR) is 74.6 cm³/mol. The highest BCUT2D eigenvalue weighted by Crippen LogP contribution is 2.30. The lowest BCUT2D eigenvalue weighted by Gasteiger charge is -2.32. The highest BCUT2D eigenvalue weighted by Gasteiger charge is 2.34. The van der Waals surface area contributed by atoms with E-state index in [1.807, 2.05) is 6.92 Å². The Morgan fingerprint density at radius 1 is 1.50 bits per heavy atom. The monoisotopic (exact) mass is 319 g/mol. The van der Waals surface area contributed by atoms with Gasteiger partial charge in [-0.2, -0.15) is 4.31 Å². The number of thiophene rings is 1. The van der Waals surface area contributed by atoms with Crippen LogP contribution in [0.25, 0.3) is 0 Å². The Kier molecular flexibility index (Phi) is 4.19. The molecule has 8 heteroatoms. The van der Waals surface area contributed by atoms with E-state index in [0.29, 0.717) is 18.5 Å². The molecule has 2 unspecified atom stereocenters. The zero-order valence-electron chi connectivity index (χ0n) is 11.2. The van der Waals surface area contributed by atoms with E-state index in [0.717, 1.165) is 11.3 Å². The molecular weight excluding hydrogens is 302 g/mol. The fraction of sp³-hybridized carbons (Fsp3) is 0.583. The molecule has 0 spiro atoms. The molecule has 20 heavy (non-hydrogen) atoms. The molecule has 2 heterocycles. The third-order valence-corrected chi connectivity index (χ3v) is 7.10. The Morgan fingerprint density at radius 3 is 2.65 bits per heavy atom. The smallest absolute Gasteiger partial charge is 0.346 e. The fourth-order valence-corrected chi connectivity index (χ4v) is 5.16. The van der Waals surface area contributed by atoms with Crippen molar-refractivity contribution in [2.75, 3.05) is 13.1 Å². The number of hydrogen-bond acceptors (Lipinski definition) is 5. The van der Waals surface area contributed by atoms with Gasteiger partial charge in [-0.25, -0.2) is 13.2 Å². The normalized spacial score (nSPS) is 24.8. The summed E-state index contributed by atoms with van der Waals surface area (Å²) in [5.41, 5.74) is 0.437. The lowest BCUT2D eigenvalue weighted by molar-refractivity contribution is 0.0606. The highest BCUT2D eigenvalue weighted by molar-refractivity contribution is 7.91. The van der Waals surface area contributed by atoms with Crippen LogP contribution in [0.3, 0.4) is 0 Å². The molecule has 0 bridgehead atoms. The summed E-state index contributed by atoms with van der Waals surface area (Å²) < 4.78 is 26.2. The van der Waals surface area contributed by atoms with Crippen LogP contribution >= 0.6 is 11.3 Å². The summed E-state index contributed by atoms with van der Waals surface area (Å²) in [5, 5.41) is 18.8. The second-order valence-corrected chi connectivity index (χ2v) is 8.30. The second-order valence-electron chi connectivity index (χ2n) is 5.08. The molecule has 0 amide bonds. The number of carboxylic acid groups (broad SMARTS) is 1. The molecular formula is C12H17NO5S2. The Hall–Kier alpha value is -0.960. The number of hydrogen-bond donors (Lipinski definition) is 2. The molecule has 1 aromatic rings. The summed E-state index contributed by atoms with van der Waals surface area (Å²) in [6.45, 7) is 3.86. The topological polar surface area (TPSA) is 94.9 Å². The lowest BCUT2D eigenvalue weighted by Crippen LogP contribution is -2.45. The summed E-state index contributed by atoms with van der Waals surface area (Å²) in [7, 11) is -3.73. The van der Waals surface area contributed by atoms with Crippen molar-refractivity contribution in [3.63, 3.8) is 0 Å². The standard InChI is InChI=1S/C12H17NO5S2/c1-7-3-4-13(6-9(7)14)20(17,18)10-5-8(2)11(19-10)12(15)16/h5,7,9,14H,3-4,6H2,1-2H3,(H,15,16). The minimum absolute atomic E-state index is 0.0224. The highest BCUT2D eigenvalue weighted by atomic mass is 32.2. The van der Waals surface area contributed by atoms with Crippen molar-refractivity contribution in [3.8, 4) is 0 Å². The van der Waals surface area contributed by atoms with Crippen molar-refractivity contribution < 1.29 is 23.4 Å². The number of aliphatic hydroxyl groups is 1. The van der Waals surface area contributed by atoms with Gasteiger partial charge in [-0.15, -0.1) is 11.3 Å². The van der Waals surface area contributed by atoms with Crippen LogP contribution < -0.4 is 0 Å². The first-order valence-electron chi connectivity index (χ1n) is 6.25. The maximum absolute atomic E-state index is 12.5. The first-order valence-corrected chi connectivity index (χ1v) is 8.51. The van der Waals surface area contributed by atoms with Crippen molar-refractivity contribution in [3.05, 3.63) is 16.5 Å². The Bertz CT molecular complexity index is 622. The first kappa shape index (κ1) is 15.4. The molecule has 6 nitrogen and oxygen atoms in total. The van der Waals surface area contributed by atoms with Gasteiger partial charge in [0.2, 0.25) is 0 Å². The quantitative estimate of drug-likeness (QED) is 0.871. The molecule has 1 aromatic heterocycles. The molecule has 1 saturated heterocycles. The minimum Gasteiger partial charge on any atom is -0.477 e. The van der Waals surface area contributed by atoms with Crippen LogP contribution in [0.1, 0.15) is 28.6 Å². The molecule has 2 N–H and O–H groups in total. The van der Waals surface area contributed by atoms with E-state index < -0.39 is 22.1 Å². The summed E-state index contributed by atoms with van der Waals surface area (Å²) in [4.78, 5) is 11.0. The van der Waals surface area contributed by atoms with Crippen molar-refractivity contribution in [1.29, 1.82) is 0 Å². The Balaban J connectivity index is 2.31. The SMILES string of the molecule is Cc1cc(S(=O)(=O)N2CCC(C)C(O)C2)sc1C(=O)O. The van der Waals surface area contributed by atoms with E-state index in [-0.39, 0.29) is 21.5 Å². The van der Waals surface area contributed by atoms with Crippen LogP contribution in [0.2, 0.25) is 0 Å². The molecule has 2 atom stereocenters. The number of β-amino-alcohol motifs (C(OH)–C–C–N with tert-alkyl or cyclic N) is 1. The summed E-state index contributed by atoms with van der Waals surface area (Å²) in [6.07, 6.45) is -0.0881. The van der Waals surface area contributed by atoms with Gasteiger partial charge in [-0.1, -0.05) is 6.92 Å². The van der Waals surface area contributed by atoms with Crippen LogP contribution in [0.4, 0.5) is 0 Å². The van der Waals surface area contributed by atoms with Gasteiger partial charge >= 0.3 is 5.97 Å². The lowest BCUT2D eigenvalue weighted by atomic mass is 9.98. The number of carbonyl (C=O) groups is 1. The third-order valence-electron chi connectivity index (χ3n) is 3.56. The van der Waals surface area contributed by atoms with Gasteiger partial charge in [0.05, 0.1) is 6.10 Å². The average Bonchev–Trinajstić information content (AvgIpc) is 2.75. The van der Waals surface area contributed by atoms with E-state index in [1.54, 1.807) is 6.92 Å². The van der Waals surface area contributed by atoms with Gasteiger partial charge in [0.15, 0.2) is 0 Å². The van der Waals surface area contributed by atoms with Crippen LogP contribution in [-0.2, 0) is 10.0 Å². The van der Waals surface area contributed by atoms with Gasteiger partial charge < -0.3 is 10.2 Å². The molecule has 2 rings (SSSR count). The van der Waals surface area contributed by atoms with Gasteiger partial charge in [-0.3, -0.25) is 0 Å². The number of piperidine rings is 1. The number of aryl methyl sites for hydroxylation is 1. The molecule has 0 saturated carbocycles. The molecule has 1 aliphatic heterocycles. The van der Waals surface area contributed by atoms with Crippen molar-refractivity contribution >= 4 is 27.3 Å². The molecule has 0 aliphatic carbocycles. The van der Waals surface area contributed by atoms with E-state index in [9.17, 15) is 18.3 Å². The van der Waals surface area contributed by atoms with Gasteiger partial charge in [0.1, 0.15) is 9.09 Å². The fourth-order valence-electron chi connectivity index (χ4n) is 2.16. The predicted octanol–water partition coefficient (Wildman–Crippen LogP) is 1.15. The Morgan fingerprint density at radius 2 is 2.15 bits per heavy atom. The van der Waals surface area contributed by atoms with Crippen LogP contribution in [0.5, 0.6) is 0 Å². The number of aromatic carboxylic acids is 1. The minimum atomic E-state index is -3.73. The van der Waals surface area contributed by atoms with Crippen LogP contribution in [0, 0.1) is 12.8 Å². The van der Waals surface area contributed by atoms with E-state index in [1.165, 1.54) is 10.4 Å². The molecule has 0 aromatic carbocycles. The van der Waals surface area contributed by atoms with Crippen molar-refractivity contribution in [1.82, 2.24) is 4.31 Å². The third kappa shape index (κ3) is 2.73. The molecule has 112 valence electrons. The van der Waals surface area contributed by atoms with Crippen molar-refractivity contribution in [2.24, 2.45) is 5.92 Å². The number of aliphatic hydroxyl groups excluding tert-OH is 1. The van der Waals surface area contributed by atoms with Crippen molar-refractivity contribution in [2.45, 2.75) is 30.6 Å². The number of carboxylic acids is 1. The first-order chi connectivity index (χ1) is 9.23. The summed E-state index contributed by atoms with van der Waals surface area (Å²) in [6, 6.07) is 1.38. The second kappa shape index (κ2) is 5.44. The maximum Gasteiger partial charge on any atom is 0.346 e. The maximum atomic E-state index is 12.5. The number of rotatable bonds is 3. The zero-order valence-corrected chi connectivity index (χ0v) is 12.9. The van der Waals surface area contributed by atoms with Gasteiger partial charge in [0.25, 0.3) is 10.0 Å². The van der Waals surface area contributed by atoms with Crippen LogP contribution in [-0.4, -0.2) is 48.1 Å². The zero-order chi connectivity index (χ0) is 15.1. The van der Waals surface area contributed by atoms with E-state index in [4.69, 9.17) is 5.11 Å². The molecule has 0 radical (unpaired) electrons. The van der Waals surface area contributed by atoms with E-state index in [2.05, 4.69) is 0 Å². The number of nitrogens with zero attached hydrogens (tertiary/aromatic N) is 1. The number of sulfonamides is 1. The largest absolute Gasteiger partial charge is 0.477 e. The van der Waals surface area contributed by atoms with Crippen LogP contribution in [0.15, 0.2) is 10.3 Å².